The summed E-state index contributed by atoms with van der Waals surface area (Å²) < 4.78 is 14.5. The van der Waals surface area contributed by atoms with Gasteiger partial charge in [0, 0.05) is 27.4 Å². The summed E-state index contributed by atoms with van der Waals surface area (Å²) in [6, 6.07) is 17.9. The van der Waals surface area contributed by atoms with Gasteiger partial charge in [-0.3, -0.25) is 19.3 Å². The van der Waals surface area contributed by atoms with E-state index in [1.54, 1.807) is 60.7 Å². The van der Waals surface area contributed by atoms with E-state index >= 15 is 0 Å². The maximum atomic E-state index is 13.8. The van der Waals surface area contributed by atoms with Gasteiger partial charge in [-0.25, -0.2) is 4.39 Å². The maximum absolute atomic E-state index is 13.8. The van der Waals surface area contributed by atoms with E-state index in [2.05, 4.69) is 26.6 Å². The molecule has 3 amide bonds. The maximum Gasteiger partial charge on any atom is 0.258 e. The number of halogens is 2. The minimum Gasteiger partial charge on any atom is -0.323 e. The average Bonchev–Trinajstić information content (AvgIpc) is 2.79. The fourth-order valence-electron chi connectivity index (χ4n) is 3.26. The molecule has 0 fully saturated rings. The lowest BCUT2D eigenvalue weighted by Gasteiger charge is -2.29. The zero-order valence-electron chi connectivity index (χ0n) is 16.6. The van der Waals surface area contributed by atoms with Gasteiger partial charge in [-0.15, -0.1) is 0 Å². The summed E-state index contributed by atoms with van der Waals surface area (Å²) in [5.41, 5.74) is 2.33. The topological polar surface area (TPSA) is 78.5 Å². The number of hydrogen-bond acceptors (Lipinski definition) is 3. The highest BCUT2D eigenvalue weighted by molar-refractivity contribution is 9.10. The number of para-hydroxylation sites is 2. The first kappa shape index (κ1) is 21.5. The largest absolute Gasteiger partial charge is 0.323 e. The molecular formula is C24H17BrFN3O3. The van der Waals surface area contributed by atoms with Crippen LogP contribution in [-0.4, -0.2) is 24.3 Å². The average molecular weight is 494 g/mol. The van der Waals surface area contributed by atoms with E-state index in [9.17, 15) is 18.8 Å². The van der Waals surface area contributed by atoms with Gasteiger partial charge in [0.15, 0.2) is 0 Å². The van der Waals surface area contributed by atoms with Crippen molar-refractivity contribution in [2.24, 2.45) is 0 Å². The van der Waals surface area contributed by atoms with Gasteiger partial charge >= 0.3 is 0 Å². The van der Waals surface area contributed by atoms with Crippen LogP contribution in [0.25, 0.3) is 6.08 Å². The highest BCUT2D eigenvalue weighted by Crippen LogP contribution is 2.30. The lowest BCUT2D eigenvalue weighted by Crippen LogP contribution is -2.42. The van der Waals surface area contributed by atoms with Crippen molar-refractivity contribution >= 4 is 56.8 Å². The molecular weight excluding hydrogens is 477 g/mol. The molecule has 3 aromatic rings. The quantitative estimate of drug-likeness (QED) is 0.510. The Morgan fingerprint density at radius 2 is 1.81 bits per heavy atom. The predicted molar refractivity (Wildman–Crippen MR) is 125 cm³/mol. The van der Waals surface area contributed by atoms with E-state index in [0.29, 0.717) is 27.1 Å². The third kappa shape index (κ3) is 4.76. The minimum absolute atomic E-state index is 0.0781. The van der Waals surface area contributed by atoms with Gasteiger partial charge < -0.3 is 10.6 Å². The monoisotopic (exact) mass is 493 g/mol. The molecule has 8 heteroatoms. The molecule has 1 aliphatic rings. The summed E-state index contributed by atoms with van der Waals surface area (Å²) >= 11 is 3.26. The first-order valence-electron chi connectivity index (χ1n) is 9.65. The van der Waals surface area contributed by atoms with Crippen LogP contribution in [0.5, 0.6) is 0 Å². The first-order valence-corrected chi connectivity index (χ1v) is 10.4. The molecule has 0 atom stereocenters. The molecule has 4 rings (SSSR count). The molecule has 0 radical (unpaired) electrons. The van der Waals surface area contributed by atoms with Gasteiger partial charge in [-0.2, -0.15) is 0 Å². The van der Waals surface area contributed by atoms with Crippen LogP contribution in [0.15, 0.2) is 77.3 Å². The van der Waals surface area contributed by atoms with Crippen molar-refractivity contribution < 1.29 is 18.8 Å². The van der Waals surface area contributed by atoms with E-state index in [-0.39, 0.29) is 23.9 Å². The third-order valence-corrected chi connectivity index (χ3v) is 5.28. The van der Waals surface area contributed by atoms with Crippen LogP contribution in [0.4, 0.5) is 21.5 Å². The second kappa shape index (κ2) is 9.15. The van der Waals surface area contributed by atoms with E-state index < -0.39 is 11.7 Å². The Bertz CT molecular complexity index is 1240. The molecule has 160 valence electrons. The molecule has 3 aromatic carbocycles. The second-order valence-corrected chi connectivity index (χ2v) is 7.94. The minimum atomic E-state index is -0.440. The lowest BCUT2D eigenvalue weighted by atomic mass is 10.1. The first-order chi connectivity index (χ1) is 15.4. The molecule has 0 aliphatic carbocycles. The van der Waals surface area contributed by atoms with Crippen LogP contribution < -0.4 is 15.5 Å². The van der Waals surface area contributed by atoms with E-state index in [4.69, 9.17) is 0 Å². The molecule has 1 heterocycles. The Morgan fingerprint density at radius 3 is 2.59 bits per heavy atom. The van der Waals surface area contributed by atoms with Crippen molar-refractivity contribution in [1.82, 2.24) is 0 Å². The number of rotatable bonds is 4. The molecule has 0 saturated heterocycles. The molecule has 32 heavy (non-hydrogen) atoms. The number of carbonyl (C=O) groups is 3. The van der Waals surface area contributed by atoms with Gasteiger partial charge in [0.1, 0.15) is 12.4 Å². The summed E-state index contributed by atoms with van der Waals surface area (Å²) in [7, 11) is 0. The van der Waals surface area contributed by atoms with Crippen LogP contribution in [0, 0.1) is 5.82 Å². The number of fused-ring (bicyclic) bond motifs is 1. The molecule has 0 bridgehead atoms. The zero-order valence-corrected chi connectivity index (χ0v) is 18.2. The fourth-order valence-corrected chi connectivity index (χ4v) is 3.64. The summed E-state index contributed by atoms with van der Waals surface area (Å²) in [5.74, 6) is -1.47. The Kier molecular flexibility index (Phi) is 6.13. The van der Waals surface area contributed by atoms with Gasteiger partial charge in [0.2, 0.25) is 11.8 Å². The van der Waals surface area contributed by atoms with Crippen LogP contribution in [0.1, 0.15) is 15.9 Å². The molecule has 0 unspecified atom stereocenters. The number of anilines is 3. The summed E-state index contributed by atoms with van der Waals surface area (Å²) in [5, 5.41) is 5.41. The number of nitrogens with one attached hydrogen (secondary N) is 2. The summed E-state index contributed by atoms with van der Waals surface area (Å²) in [6.45, 7) is -0.0781. The fraction of sp³-hybridized carbons (Fsp3) is 0.0417. The van der Waals surface area contributed by atoms with Crippen LogP contribution in [-0.2, 0) is 9.59 Å². The van der Waals surface area contributed by atoms with E-state index in [0.717, 1.165) is 0 Å². The van der Waals surface area contributed by atoms with Gasteiger partial charge in [0.05, 0.1) is 11.4 Å². The van der Waals surface area contributed by atoms with Crippen molar-refractivity contribution in [2.75, 3.05) is 22.1 Å². The van der Waals surface area contributed by atoms with Crippen LogP contribution in [0.2, 0.25) is 0 Å². The van der Waals surface area contributed by atoms with Crippen molar-refractivity contribution in [1.29, 1.82) is 0 Å². The molecule has 6 nitrogen and oxygen atoms in total. The van der Waals surface area contributed by atoms with Crippen LogP contribution in [0.3, 0.4) is 0 Å². The van der Waals surface area contributed by atoms with Crippen molar-refractivity contribution in [3.63, 3.8) is 0 Å². The van der Waals surface area contributed by atoms with Crippen molar-refractivity contribution in [3.8, 4) is 0 Å². The van der Waals surface area contributed by atoms with E-state index in [1.165, 1.54) is 23.1 Å². The SMILES string of the molecule is O=C(/C=C/c1cc(Br)ccc1F)Nc1ccc(C(=O)N2CC(=O)Nc3ccccc32)cc1. The molecule has 0 aromatic heterocycles. The number of carbonyl (C=O) groups excluding carboxylic acids is 3. The number of benzene rings is 3. The normalized spacial score (nSPS) is 12.9. The lowest BCUT2D eigenvalue weighted by molar-refractivity contribution is -0.115. The summed E-state index contributed by atoms with van der Waals surface area (Å²) in [6.07, 6.45) is 2.61. The van der Waals surface area contributed by atoms with Gasteiger partial charge in [-0.1, -0.05) is 28.1 Å². The standard InChI is InChI=1S/C24H17BrFN3O3/c25-17-8-11-19(26)16(13-17)7-12-22(30)27-18-9-5-15(6-10-18)24(32)29-14-23(31)28-20-3-1-2-4-21(20)29/h1-13H,14H2,(H,27,30)(H,28,31)/b12-7+. The number of nitrogens with zero attached hydrogens (tertiary/aromatic N) is 1. The Morgan fingerprint density at radius 1 is 1.06 bits per heavy atom. The Labute approximate surface area is 191 Å². The van der Waals surface area contributed by atoms with Gasteiger partial charge in [-0.05, 0) is 60.7 Å². The highest BCUT2D eigenvalue weighted by atomic mass is 79.9. The smallest absolute Gasteiger partial charge is 0.258 e. The number of amides is 3. The Hall–Kier alpha value is -3.78. The number of hydrogen-bond donors (Lipinski definition) is 2. The molecule has 1 aliphatic heterocycles. The molecule has 0 saturated carbocycles. The third-order valence-electron chi connectivity index (χ3n) is 4.79. The van der Waals surface area contributed by atoms with Crippen LogP contribution >= 0.6 is 15.9 Å². The molecule has 2 N–H and O–H groups in total. The van der Waals surface area contributed by atoms with Gasteiger partial charge in [0.25, 0.3) is 5.91 Å². The Balaban J connectivity index is 1.45. The van der Waals surface area contributed by atoms with Crippen molar-refractivity contribution in [2.45, 2.75) is 0 Å². The van der Waals surface area contributed by atoms with E-state index in [1.807, 2.05) is 0 Å². The highest BCUT2D eigenvalue weighted by Gasteiger charge is 2.27. The second-order valence-electron chi connectivity index (χ2n) is 7.02. The zero-order chi connectivity index (χ0) is 22.7. The predicted octanol–water partition coefficient (Wildman–Crippen LogP) is 4.84. The summed E-state index contributed by atoms with van der Waals surface area (Å²) in [4.78, 5) is 38.5. The van der Waals surface area contributed by atoms with Crippen molar-refractivity contribution in [3.05, 3.63) is 94.2 Å². The molecule has 0 spiro atoms.